The normalized spacial score (nSPS) is 14.8. The largest absolute Gasteiger partial charge is 0.103 e. The second-order valence-electron chi connectivity index (χ2n) is 7.08. The van der Waals surface area contributed by atoms with Crippen LogP contribution in [0.3, 0.4) is 0 Å². The van der Waals surface area contributed by atoms with E-state index in [1.165, 1.54) is 44.5 Å². The van der Waals surface area contributed by atoms with E-state index in [4.69, 9.17) is 0 Å². The molecule has 0 saturated heterocycles. The third-order valence-electron chi connectivity index (χ3n) is 5.37. The first-order valence-electron chi connectivity index (χ1n) is 10.1. The van der Waals surface area contributed by atoms with Crippen LogP contribution in [0.2, 0.25) is 0 Å². The smallest absolute Gasteiger partial charge is 0.00909 e. The zero-order valence-corrected chi connectivity index (χ0v) is 17.3. The molecule has 0 heterocycles. The number of allylic oxidation sites excluding steroid dienone is 7. The molecule has 0 aliphatic heterocycles. The zero-order valence-electron chi connectivity index (χ0n) is 17.3. The van der Waals surface area contributed by atoms with Crippen molar-refractivity contribution in [3.05, 3.63) is 75.9 Å². The predicted molar refractivity (Wildman–Crippen MR) is 119 cm³/mol. The van der Waals surface area contributed by atoms with Gasteiger partial charge >= 0.3 is 0 Å². The van der Waals surface area contributed by atoms with Gasteiger partial charge in [0.1, 0.15) is 0 Å². The Morgan fingerprint density at radius 2 is 2.04 bits per heavy atom. The molecule has 2 rings (SSSR count). The summed E-state index contributed by atoms with van der Waals surface area (Å²) in [5.74, 6) is 0. The van der Waals surface area contributed by atoms with Crippen molar-refractivity contribution in [1.29, 1.82) is 0 Å². The van der Waals surface area contributed by atoms with Gasteiger partial charge in [0.2, 0.25) is 0 Å². The Kier molecular flexibility index (Phi) is 7.45. The van der Waals surface area contributed by atoms with Crippen LogP contribution in [-0.2, 0) is 12.8 Å². The summed E-state index contributed by atoms with van der Waals surface area (Å²) in [6.07, 6.45) is 21.1. The standard InChI is InChI=1S/C26H34/c1-7-11-16-22-20(6)26(21(14-8-2)19(5)10-4)25(15-9-3)24-18-13-12-17-23(22)24/h8-9,11-12,14,16-17H,3,7,10,13,15,18H2,1-2,4-6H3/b14-8-,16-11-,21-19-. The maximum Gasteiger partial charge on any atom is -0.00909 e. The molecule has 0 nitrogen and oxygen atoms in total. The molecule has 0 fully saturated rings. The van der Waals surface area contributed by atoms with Crippen molar-refractivity contribution >= 4 is 17.7 Å². The van der Waals surface area contributed by atoms with Crippen molar-refractivity contribution in [1.82, 2.24) is 0 Å². The quantitative estimate of drug-likeness (QED) is 0.348. The first-order chi connectivity index (χ1) is 12.6. The Labute approximate surface area is 160 Å². The molecular weight excluding hydrogens is 312 g/mol. The lowest BCUT2D eigenvalue weighted by Gasteiger charge is -2.26. The number of fused-ring (bicyclic) bond motifs is 1. The molecule has 0 saturated carbocycles. The van der Waals surface area contributed by atoms with Gasteiger partial charge in [-0.05, 0) is 91.8 Å². The molecule has 0 N–H and O–H groups in total. The van der Waals surface area contributed by atoms with E-state index in [1.807, 2.05) is 0 Å². The molecule has 0 unspecified atom stereocenters. The van der Waals surface area contributed by atoms with Crippen LogP contribution in [0, 0.1) is 6.92 Å². The highest BCUT2D eigenvalue weighted by molar-refractivity contribution is 5.86. The molecule has 138 valence electrons. The van der Waals surface area contributed by atoms with Crippen molar-refractivity contribution in [3.63, 3.8) is 0 Å². The molecule has 0 heteroatoms. The fourth-order valence-corrected chi connectivity index (χ4v) is 3.92. The molecule has 0 aromatic heterocycles. The highest BCUT2D eigenvalue weighted by Gasteiger charge is 2.22. The highest BCUT2D eigenvalue weighted by Crippen LogP contribution is 2.39. The van der Waals surface area contributed by atoms with Crippen molar-refractivity contribution < 1.29 is 0 Å². The van der Waals surface area contributed by atoms with E-state index in [-0.39, 0.29) is 0 Å². The van der Waals surface area contributed by atoms with Gasteiger partial charge in [0.25, 0.3) is 0 Å². The Hall–Kier alpha value is -2.08. The van der Waals surface area contributed by atoms with Gasteiger partial charge in [-0.25, -0.2) is 0 Å². The van der Waals surface area contributed by atoms with Gasteiger partial charge < -0.3 is 0 Å². The first kappa shape index (κ1) is 20.2. The van der Waals surface area contributed by atoms with Crippen molar-refractivity contribution in [2.45, 2.75) is 66.7 Å². The third kappa shape index (κ3) is 4.01. The summed E-state index contributed by atoms with van der Waals surface area (Å²) in [6, 6.07) is 0. The minimum absolute atomic E-state index is 0.933. The van der Waals surface area contributed by atoms with Gasteiger partial charge in [-0.1, -0.05) is 62.0 Å². The average molecular weight is 347 g/mol. The Balaban J connectivity index is 2.95. The number of benzene rings is 1. The van der Waals surface area contributed by atoms with E-state index in [0.29, 0.717) is 0 Å². The van der Waals surface area contributed by atoms with Crippen molar-refractivity contribution in [3.8, 4) is 0 Å². The van der Waals surface area contributed by atoms with E-state index in [2.05, 4.69) is 83.7 Å². The van der Waals surface area contributed by atoms with Crippen LogP contribution in [0.1, 0.15) is 80.3 Å². The summed E-state index contributed by atoms with van der Waals surface area (Å²) in [6.45, 7) is 15.2. The van der Waals surface area contributed by atoms with Crippen LogP contribution in [-0.4, -0.2) is 0 Å². The average Bonchev–Trinajstić information content (AvgIpc) is 2.66. The van der Waals surface area contributed by atoms with Gasteiger partial charge in [0.05, 0.1) is 0 Å². The van der Waals surface area contributed by atoms with Gasteiger partial charge in [-0.15, -0.1) is 6.58 Å². The Morgan fingerprint density at radius 1 is 1.27 bits per heavy atom. The number of hydrogen-bond donors (Lipinski definition) is 0. The first-order valence-corrected chi connectivity index (χ1v) is 10.1. The topological polar surface area (TPSA) is 0 Å². The van der Waals surface area contributed by atoms with E-state index >= 15 is 0 Å². The number of rotatable bonds is 7. The summed E-state index contributed by atoms with van der Waals surface area (Å²) >= 11 is 0. The molecule has 0 bridgehead atoms. The highest BCUT2D eigenvalue weighted by atomic mass is 14.3. The second-order valence-corrected chi connectivity index (χ2v) is 7.08. The molecule has 0 radical (unpaired) electrons. The monoisotopic (exact) mass is 346 g/mol. The van der Waals surface area contributed by atoms with E-state index < -0.39 is 0 Å². The minimum atomic E-state index is 0.933. The van der Waals surface area contributed by atoms with E-state index in [0.717, 1.165) is 32.1 Å². The molecule has 1 aromatic carbocycles. The molecule has 26 heavy (non-hydrogen) atoms. The Morgan fingerprint density at radius 3 is 2.65 bits per heavy atom. The Bertz CT molecular complexity index is 779. The van der Waals surface area contributed by atoms with Gasteiger partial charge in [0, 0.05) is 0 Å². The SMILES string of the molecule is C=CCc1c2c(c(/C=C\CC)c(C)c1C(/C=C\C)=C(/C)CC)C=CCC2. The summed E-state index contributed by atoms with van der Waals surface area (Å²) < 4.78 is 0. The van der Waals surface area contributed by atoms with Crippen LogP contribution in [0.15, 0.2) is 42.5 Å². The molecular formula is C26H34. The lowest BCUT2D eigenvalue weighted by molar-refractivity contribution is 0.951. The van der Waals surface area contributed by atoms with E-state index in [1.54, 1.807) is 0 Å². The van der Waals surface area contributed by atoms with Crippen LogP contribution >= 0.6 is 0 Å². The van der Waals surface area contributed by atoms with Crippen LogP contribution < -0.4 is 0 Å². The zero-order chi connectivity index (χ0) is 19.1. The summed E-state index contributed by atoms with van der Waals surface area (Å²) in [5.41, 5.74) is 11.5. The molecule has 0 atom stereocenters. The lowest BCUT2D eigenvalue weighted by Crippen LogP contribution is -2.10. The summed E-state index contributed by atoms with van der Waals surface area (Å²) in [4.78, 5) is 0. The van der Waals surface area contributed by atoms with Crippen LogP contribution in [0.5, 0.6) is 0 Å². The maximum atomic E-state index is 4.05. The molecule has 1 aliphatic carbocycles. The predicted octanol–water partition coefficient (Wildman–Crippen LogP) is 7.87. The maximum absolute atomic E-state index is 4.05. The summed E-state index contributed by atoms with van der Waals surface area (Å²) in [5, 5.41) is 0. The third-order valence-corrected chi connectivity index (χ3v) is 5.37. The molecule has 0 amide bonds. The van der Waals surface area contributed by atoms with Crippen molar-refractivity contribution in [2.24, 2.45) is 0 Å². The fraction of sp³-hybridized carbons (Fsp3) is 0.385. The lowest BCUT2D eigenvalue weighted by atomic mass is 9.78. The van der Waals surface area contributed by atoms with E-state index in [9.17, 15) is 0 Å². The molecule has 0 spiro atoms. The molecule has 1 aliphatic rings. The molecule has 1 aromatic rings. The van der Waals surface area contributed by atoms with Gasteiger partial charge in [-0.2, -0.15) is 0 Å². The van der Waals surface area contributed by atoms with Gasteiger partial charge in [-0.3, -0.25) is 0 Å². The minimum Gasteiger partial charge on any atom is -0.103 e. The number of hydrogen-bond acceptors (Lipinski definition) is 0. The van der Waals surface area contributed by atoms with Crippen LogP contribution in [0.25, 0.3) is 17.7 Å². The van der Waals surface area contributed by atoms with Crippen molar-refractivity contribution in [2.75, 3.05) is 0 Å². The van der Waals surface area contributed by atoms with Crippen LogP contribution in [0.4, 0.5) is 0 Å². The summed E-state index contributed by atoms with van der Waals surface area (Å²) in [7, 11) is 0. The second kappa shape index (κ2) is 9.57. The van der Waals surface area contributed by atoms with Gasteiger partial charge in [0.15, 0.2) is 0 Å². The fourth-order valence-electron chi connectivity index (χ4n) is 3.92.